The molecule has 2 aromatic carbocycles. The molecular weight excluding hydrogens is 462 g/mol. The monoisotopic (exact) mass is 483 g/mol. The lowest BCUT2D eigenvalue weighted by Crippen LogP contribution is -2.38. The Kier molecular flexibility index (Phi) is 6.69. The van der Waals surface area contributed by atoms with E-state index >= 15 is 0 Å². The molecular formula is C19H21N3O8S2. The summed E-state index contributed by atoms with van der Waals surface area (Å²) in [5.74, 6) is -0.219. The number of hydrogen-bond donors (Lipinski definition) is 1. The maximum atomic E-state index is 12.9. The molecule has 11 nitrogen and oxygen atoms in total. The average molecular weight is 484 g/mol. The van der Waals surface area contributed by atoms with Crippen molar-refractivity contribution in [3.8, 4) is 5.75 Å². The summed E-state index contributed by atoms with van der Waals surface area (Å²) in [5, 5.41) is 13.8. The number of para-hydroxylation sites is 1. The highest BCUT2D eigenvalue weighted by Gasteiger charge is 2.30. The number of nitro groups is 1. The Labute approximate surface area is 185 Å². The second kappa shape index (κ2) is 9.12. The van der Waals surface area contributed by atoms with Gasteiger partial charge in [-0.05, 0) is 36.8 Å². The predicted molar refractivity (Wildman–Crippen MR) is 116 cm³/mol. The molecule has 0 radical (unpaired) electrons. The zero-order valence-electron chi connectivity index (χ0n) is 17.0. The molecule has 13 heteroatoms. The minimum atomic E-state index is -4.19. The van der Waals surface area contributed by atoms with Gasteiger partial charge in [-0.25, -0.2) is 16.8 Å². The standard InChI is InChI=1S/C19H21N3O8S2/c1-21(32(28,29)18-5-3-2-4-17(18)22(24)25)15-6-8-16(9-7-15)30-12-19(23)20-14-10-11-31(26,27)13-14/h2-9,14H,10-13H2,1H3,(H,20,23). The highest BCUT2D eigenvalue weighted by molar-refractivity contribution is 7.93. The lowest BCUT2D eigenvalue weighted by Gasteiger charge is -2.19. The number of anilines is 1. The number of benzene rings is 2. The summed E-state index contributed by atoms with van der Waals surface area (Å²) in [6.07, 6.45) is 0.364. The number of rotatable bonds is 8. The number of carbonyl (C=O) groups excluding carboxylic acids is 1. The lowest BCUT2D eigenvalue weighted by atomic mass is 10.2. The van der Waals surface area contributed by atoms with Crippen molar-refractivity contribution in [2.24, 2.45) is 0 Å². The highest BCUT2D eigenvalue weighted by atomic mass is 32.2. The topological polar surface area (TPSA) is 153 Å². The van der Waals surface area contributed by atoms with Gasteiger partial charge in [-0.15, -0.1) is 0 Å². The normalized spacial score (nSPS) is 17.5. The van der Waals surface area contributed by atoms with E-state index in [0.717, 1.165) is 16.4 Å². The number of nitro benzene ring substituents is 1. The van der Waals surface area contributed by atoms with E-state index in [9.17, 15) is 31.7 Å². The summed E-state index contributed by atoms with van der Waals surface area (Å²) in [6.45, 7) is -0.333. The minimum absolute atomic E-state index is 0.0445. The van der Waals surface area contributed by atoms with Gasteiger partial charge in [0.05, 0.1) is 22.1 Å². The van der Waals surface area contributed by atoms with Gasteiger partial charge in [0.15, 0.2) is 21.3 Å². The molecule has 2 aromatic rings. The molecule has 1 aliphatic heterocycles. The van der Waals surface area contributed by atoms with Gasteiger partial charge < -0.3 is 10.1 Å². The third kappa shape index (κ3) is 5.34. The van der Waals surface area contributed by atoms with Crippen LogP contribution in [0.3, 0.4) is 0 Å². The summed E-state index contributed by atoms with van der Waals surface area (Å²) in [7, 11) is -6.03. The Balaban J connectivity index is 1.64. The van der Waals surface area contributed by atoms with Crippen molar-refractivity contribution in [2.45, 2.75) is 17.4 Å². The smallest absolute Gasteiger partial charge is 0.289 e. The number of ether oxygens (including phenoxy) is 1. The maximum absolute atomic E-state index is 12.9. The number of carbonyl (C=O) groups is 1. The fourth-order valence-corrected chi connectivity index (χ4v) is 6.22. The molecule has 1 amide bonds. The number of nitrogens with one attached hydrogen (secondary N) is 1. The number of nitrogens with zero attached hydrogens (tertiary/aromatic N) is 2. The van der Waals surface area contributed by atoms with Crippen molar-refractivity contribution in [1.29, 1.82) is 0 Å². The van der Waals surface area contributed by atoms with Crippen LogP contribution in [-0.4, -0.2) is 58.9 Å². The fourth-order valence-electron chi connectivity index (χ4n) is 3.19. The molecule has 1 saturated heterocycles. The van der Waals surface area contributed by atoms with Crippen LogP contribution >= 0.6 is 0 Å². The number of amides is 1. The molecule has 0 aromatic heterocycles. The molecule has 3 rings (SSSR count). The maximum Gasteiger partial charge on any atom is 0.289 e. The van der Waals surface area contributed by atoms with Gasteiger partial charge in [0.25, 0.3) is 21.6 Å². The van der Waals surface area contributed by atoms with Gasteiger partial charge in [0.1, 0.15) is 5.75 Å². The molecule has 0 spiro atoms. The van der Waals surface area contributed by atoms with Crippen LogP contribution in [-0.2, 0) is 24.7 Å². The fraction of sp³-hybridized carbons (Fsp3) is 0.316. The van der Waals surface area contributed by atoms with Crippen LogP contribution in [0.5, 0.6) is 5.75 Å². The van der Waals surface area contributed by atoms with E-state index < -0.39 is 47.3 Å². The molecule has 1 aliphatic rings. The Hall–Kier alpha value is -3.19. The first-order chi connectivity index (χ1) is 15.0. The second-order valence-electron chi connectivity index (χ2n) is 7.15. The van der Waals surface area contributed by atoms with Crippen molar-refractivity contribution in [3.05, 3.63) is 58.6 Å². The van der Waals surface area contributed by atoms with Crippen LogP contribution in [0.1, 0.15) is 6.42 Å². The molecule has 1 heterocycles. The van der Waals surface area contributed by atoms with Crippen molar-refractivity contribution in [1.82, 2.24) is 5.32 Å². The van der Waals surface area contributed by atoms with Crippen molar-refractivity contribution in [2.75, 3.05) is 29.5 Å². The van der Waals surface area contributed by atoms with Gasteiger partial charge in [-0.2, -0.15) is 0 Å². The molecule has 1 N–H and O–H groups in total. The van der Waals surface area contributed by atoms with Crippen molar-refractivity contribution in [3.63, 3.8) is 0 Å². The molecule has 1 atom stereocenters. The van der Waals surface area contributed by atoms with E-state index in [1.807, 2.05) is 0 Å². The summed E-state index contributed by atoms with van der Waals surface area (Å²) in [4.78, 5) is 22.0. The van der Waals surface area contributed by atoms with E-state index in [4.69, 9.17) is 4.74 Å². The van der Waals surface area contributed by atoms with Gasteiger partial charge in [-0.3, -0.25) is 19.2 Å². The number of sulfone groups is 1. The Bertz CT molecular complexity index is 1230. The van der Waals surface area contributed by atoms with Gasteiger partial charge in [0, 0.05) is 19.2 Å². The molecule has 1 fully saturated rings. The summed E-state index contributed by atoms with van der Waals surface area (Å²) < 4.78 is 54.9. The van der Waals surface area contributed by atoms with Crippen LogP contribution < -0.4 is 14.4 Å². The van der Waals surface area contributed by atoms with E-state index in [2.05, 4.69) is 5.32 Å². The number of sulfonamides is 1. The van der Waals surface area contributed by atoms with E-state index in [1.165, 1.54) is 43.4 Å². The van der Waals surface area contributed by atoms with Crippen LogP contribution in [0.25, 0.3) is 0 Å². The molecule has 1 unspecified atom stereocenters. The Morgan fingerprint density at radius 1 is 1.22 bits per heavy atom. The lowest BCUT2D eigenvalue weighted by molar-refractivity contribution is -0.387. The Morgan fingerprint density at radius 2 is 1.88 bits per heavy atom. The quantitative estimate of drug-likeness (QED) is 0.433. The summed E-state index contributed by atoms with van der Waals surface area (Å²) in [5.41, 5.74) is -0.295. The van der Waals surface area contributed by atoms with Crippen LogP contribution in [0.2, 0.25) is 0 Å². The van der Waals surface area contributed by atoms with Gasteiger partial charge in [-0.1, -0.05) is 12.1 Å². The molecule has 0 bridgehead atoms. The summed E-state index contributed by atoms with van der Waals surface area (Å²) >= 11 is 0. The van der Waals surface area contributed by atoms with Gasteiger partial charge >= 0.3 is 0 Å². The zero-order chi connectivity index (χ0) is 23.5. The molecule has 172 valence electrons. The van der Waals surface area contributed by atoms with Crippen molar-refractivity contribution < 1.29 is 31.3 Å². The van der Waals surface area contributed by atoms with Crippen LogP contribution in [0, 0.1) is 10.1 Å². The number of hydrogen-bond acceptors (Lipinski definition) is 8. The molecule has 0 aliphatic carbocycles. The predicted octanol–water partition coefficient (Wildman–Crippen LogP) is 1.10. The first-order valence-electron chi connectivity index (χ1n) is 9.44. The summed E-state index contributed by atoms with van der Waals surface area (Å²) in [6, 6.07) is 10.4. The average Bonchev–Trinajstić information content (AvgIpc) is 3.10. The third-order valence-electron chi connectivity index (χ3n) is 4.87. The van der Waals surface area contributed by atoms with Crippen molar-refractivity contribution >= 4 is 37.1 Å². The molecule has 32 heavy (non-hydrogen) atoms. The first-order valence-corrected chi connectivity index (χ1v) is 12.7. The second-order valence-corrected chi connectivity index (χ2v) is 11.3. The van der Waals surface area contributed by atoms with E-state index in [1.54, 1.807) is 0 Å². The highest BCUT2D eigenvalue weighted by Crippen LogP contribution is 2.29. The molecule has 0 saturated carbocycles. The minimum Gasteiger partial charge on any atom is -0.484 e. The zero-order valence-corrected chi connectivity index (χ0v) is 18.6. The van der Waals surface area contributed by atoms with Gasteiger partial charge in [0.2, 0.25) is 0 Å². The SMILES string of the molecule is CN(c1ccc(OCC(=O)NC2CCS(=O)(=O)C2)cc1)S(=O)(=O)c1ccccc1[N+](=O)[O-]. The third-order valence-corrected chi connectivity index (χ3v) is 8.47. The Morgan fingerprint density at radius 3 is 2.47 bits per heavy atom. The van der Waals surface area contributed by atoms with Crippen LogP contribution in [0.4, 0.5) is 11.4 Å². The van der Waals surface area contributed by atoms with E-state index in [-0.39, 0.29) is 23.8 Å². The first kappa shape index (κ1) is 23.5. The van der Waals surface area contributed by atoms with E-state index in [0.29, 0.717) is 12.2 Å². The van der Waals surface area contributed by atoms with Crippen LogP contribution in [0.15, 0.2) is 53.4 Å². The largest absolute Gasteiger partial charge is 0.484 e.